The summed E-state index contributed by atoms with van der Waals surface area (Å²) in [7, 11) is 0. The number of carbonyl (C=O) groups excluding carboxylic acids is 4. The van der Waals surface area contributed by atoms with Crippen molar-refractivity contribution in [3.63, 3.8) is 0 Å². The van der Waals surface area contributed by atoms with Crippen LogP contribution < -0.4 is 5.73 Å². The Kier molecular flexibility index (Phi) is 5.51. The molecule has 0 bridgehead atoms. The first kappa shape index (κ1) is 18.2. The maximum Gasteiger partial charge on any atom is 0.291 e. The highest BCUT2D eigenvalue weighted by Gasteiger charge is 2.41. The van der Waals surface area contributed by atoms with E-state index in [9.17, 15) is 19.2 Å². The molecule has 0 saturated carbocycles. The number of benzene rings is 1. The van der Waals surface area contributed by atoms with E-state index in [1.165, 1.54) is 24.3 Å². The highest BCUT2D eigenvalue weighted by Crippen LogP contribution is 2.27. The third kappa shape index (κ3) is 3.67. The molecule has 1 heterocycles. The first-order valence-electron chi connectivity index (χ1n) is 7.72. The van der Waals surface area contributed by atoms with Crippen molar-refractivity contribution < 1.29 is 19.2 Å². The Morgan fingerprint density at radius 2 is 2.16 bits per heavy atom. The van der Waals surface area contributed by atoms with E-state index in [2.05, 4.69) is 10.0 Å². The fourth-order valence-corrected chi connectivity index (χ4v) is 2.92. The van der Waals surface area contributed by atoms with Gasteiger partial charge in [0.1, 0.15) is 17.7 Å². The monoisotopic (exact) mass is 343 g/mol. The fraction of sp³-hybridized carbons (Fsp3) is 0.375. The minimum Gasteiger partial charge on any atom is -0.368 e. The molecule has 0 radical (unpaired) electrons. The third-order valence-electron chi connectivity index (χ3n) is 4.11. The van der Waals surface area contributed by atoms with Gasteiger partial charge in [0.2, 0.25) is 11.7 Å². The summed E-state index contributed by atoms with van der Waals surface area (Å²) in [5.41, 5.74) is 14.3. The second-order valence-electron chi connectivity index (χ2n) is 5.62. The van der Waals surface area contributed by atoms with E-state index in [1.807, 2.05) is 0 Å². The molecule has 25 heavy (non-hydrogen) atoms. The van der Waals surface area contributed by atoms with Gasteiger partial charge in [0, 0.05) is 23.6 Å². The van der Waals surface area contributed by atoms with Crippen LogP contribution in [0.1, 0.15) is 31.2 Å². The number of nitrogens with zero attached hydrogens (tertiary/aromatic N) is 4. The van der Waals surface area contributed by atoms with Crippen LogP contribution in [0.5, 0.6) is 0 Å². The van der Waals surface area contributed by atoms with Crippen LogP contribution in [-0.4, -0.2) is 40.9 Å². The normalized spacial score (nSPS) is 19.2. The van der Waals surface area contributed by atoms with Gasteiger partial charge >= 0.3 is 0 Å². The van der Waals surface area contributed by atoms with Crippen molar-refractivity contribution in [2.75, 3.05) is 6.54 Å². The molecule has 0 aromatic heterocycles. The van der Waals surface area contributed by atoms with Crippen molar-refractivity contribution >= 4 is 29.1 Å². The number of azide groups is 1. The molecular formula is C16H17N5O4. The Bertz CT molecular complexity index is 784. The minimum atomic E-state index is -1.28. The van der Waals surface area contributed by atoms with E-state index >= 15 is 0 Å². The highest BCUT2D eigenvalue weighted by molar-refractivity contribution is 6.43. The van der Waals surface area contributed by atoms with Crippen molar-refractivity contribution in [3.8, 4) is 0 Å². The summed E-state index contributed by atoms with van der Waals surface area (Å²) >= 11 is 0. The molecule has 0 spiro atoms. The standard InChI is InChI=1S/C16H17N5O4/c1-2-11(15(17)24)21-7-6-12(22)13(14(23)16(21)25)9-4-3-5-10(8-9)19-20-18/h3-5,8,11,13H,2,6-7H2,1H3,(H2,17,24). The van der Waals surface area contributed by atoms with Gasteiger partial charge in [-0.15, -0.1) is 0 Å². The van der Waals surface area contributed by atoms with Crippen molar-refractivity contribution in [2.24, 2.45) is 10.8 Å². The van der Waals surface area contributed by atoms with Crippen LogP contribution in [0.4, 0.5) is 5.69 Å². The number of likely N-dealkylation sites (tertiary alicyclic amines) is 1. The van der Waals surface area contributed by atoms with Gasteiger partial charge in [-0.05, 0) is 23.6 Å². The van der Waals surface area contributed by atoms with Gasteiger partial charge in [0.05, 0.1) is 0 Å². The summed E-state index contributed by atoms with van der Waals surface area (Å²) in [5.74, 6) is -4.26. The molecule has 1 aromatic rings. The molecule has 2 rings (SSSR count). The van der Waals surface area contributed by atoms with E-state index in [-0.39, 0.29) is 30.6 Å². The molecule has 1 aliphatic rings. The second kappa shape index (κ2) is 7.59. The molecular weight excluding hydrogens is 326 g/mol. The largest absolute Gasteiger partial charge is 0.368 e. The molecule has 2 amide bonds. The average molecular weight is 343 g/mol. The average Bonchev–Trinajstić information content (AvgIpc) is 2.67. The Morgan fingerprint density at radius 3 is 2.76 bits per heavy atom. The molecule has 9 nitrogen and oxygen atoms in total. The Hall–Kier alpha value is -3.19. The van der Waals surface area contributed by atoms with E-state index in [0.29, 0.717) is 0 Å². The SMILES string of the molecule is CCC(C(N)=O)N1CCC(=O)C(c2cccc(N=[N+]=[N-])c2)C(=O)C1=O. The summed E-state index contributed by atoms with van der Waals surface area (Å²) in [4.78, 5) is 52.8. The van der Waals surface area contributed by atoms with Gasteiger partial charge in [-0.2, -0.15) is 0 Å². The van der Waals surface area contributed by atoms with E-state index in [1.54, 1.807) is 6.92 Å². The highest BCUT2D eigenvalue weighted by atomic mass is 16.2. The number of Topliss-reactive ketones (excluding diaryl/α,β-unsaturated/α-hetero) is 2. The van der Waals surface area contributed by atoms with E-state index in [0.717, 1.165) is 4.90 Å². The van der Waals surface area contributed by atoms with Crippen molar-refractivity contribution in [1.29, 1.82) is 0 Å². The number of ketones is 2. The lowest BCUT2D eigenvalue weighted by molar-refractivity contribution is -0.148. The molecule has 2 unspecified atom stereocenters. The lowest BCUT2D eigenvalue weighted by atomic mass is 9.89. The predicted octanol–water partition coefficient (Wildman–Crippen LogP) is 1.35. The van der Waals surface area contributed by atoms with Crippen LogP contribution in [0.15, 0.2) is 29.4 Å². The van der Waals surface area contributed by atoms with Gasteiger partial charge < -0.3 is 10.6 Å². The summed E-state index contributed by atoms with van der Waals surface area (Å²) in [6, 6.07) is 5.03. The smallest absolute Gasteiger partial charge is 0.291 e. The quantitative estimate of drug-likeness (QED) is 0.282. The van der Waals surface area contributed by atoms with Crippen LogP contribution in [-0.2, 0) is 19.2 Å². The Labute approximate surface area is 143 Å². The van der Waals surface area contributed by atoms with Crippen LogP contribution in [0.3, 0.4) is 0 Å². The molecule has 1 fully saturated rings. The lowest BCUT2D eigenvalue weighted by Gasteiger charge is -2.26. The maximum absolute atomic E-state index is 12.6. The number of hydrogen-bond acceptors (Lipinski definition) is 5. The molecule has 1 aliphatic heterocycles. The van der Waals surface area contributed by atoms with Gasteiger partial charge in [0.25, 0.3) is 5.91 Å². The van der Waals surface area contributed by atoms with Crippen LogP contribution >= 0.6 is 0 Å². The summed E-state index contributed by atoms with van der Waals surface area (Å²) < 4.78 is 0. The van der Waals surface area contributed by atoms with Crippen LogP contribution in [0, 0.1) is 0 Å². The topological polar surface area (TPSA) is 146 Å². The first-order valence-corrected chi connectivity index (χ1v) is 7.72. The fourth-order valence-electron chi connectivity index (χ4n) is 2.92. The van der Waals surface area contributed by atoms with Gasteiger partial charge in [-0.25, -0.2) is 0 Å². The van der Waals surface area contributed by atoms with Gasteiger partial charge in [0.15, 0.2) is 0 Å². The molecule has 1 saturated heterocycles. The van der Waals surface area contributed by atoms with Crippen LogP contribution in [0.25, 0.3) is 10.4 Å². The zero-order valence-corrected chi connectivity index (χ0v) is 13.6. The van der Waals surface area contributed by atoms with Gasteiger partial charge in [-0.3, -0.25) is 19.2 Å². The third-order valence-corrected chi connectivity index (χ3v) is 4.11. The molecule has 130 valence electrons. The van der Waals surface area contributed by atoms with Crippen molar-refractivity contribution in [2.45, 2.75) is 31.7 Å². The van der Waals surface area contributed by atoms with E-state index < -0.39 is 35.3 Å². The zero-order chi connectivity index (χ0) is 18.6. The maximum atomic E-state index is 12.6. The molecule has 2 N–H and O–H groups in total. The predicted molar refractivity (Wildman–Crippen MR) is 87.6 cm³/mol. The van der Waals surface area contributed by atoms with Crippen molar-refractivity contribution in [3.05, 3.63) is 40.3 Å². The van der Waals surface area contributed by atoms with Gasteiger partial charge in [-0.1, -0.05) is 30.2 Å². The minimum absolute atomic E-state index is 0.0443. The molecule has 9 heteroatoms. The summed E-state index contributed by atoms with van der Waals surface area (Å²) in [6.45, 7) is 1.62. The number of primary amides is 1. The lowest BCUT2D eigenvalue weighted by Crippen LogP contribution is -2.49. The molecule has 1 aromatic carbocycles. The number of rotatable bonds is 5. The number of carbonyl (C=O) groups is 4. The number of hydrogen-bond donors (Lipinski definition) is 1. The first-order chi connectivity index (χ1) is 11.9. The zero-order valence-electron chi connectivity index (χ0n) is 13.6. The number of nitrogens with two attached hydrogens (primary N) is 1. The second-order valence-corrected chi connectivity index (χ2v) is 5.62. The Balaban J connectivity index is 2.42. The van der Waals surface area contributed by atoms with E-state index in [4.69, 9.17) is 11.3 Å². The molecule has 0 aliphatic carbocycles. The summed E-state index contributed by atoms with van der Waals surface area (Å²) in [5, 5.41) is 3.44. The Morgan fingerprint density at radius 1 is 1.44 bits per heavy atom. The van der Waals surface area contributed by atoms with Crippen molar-refractivity contribution in [1.82, 2.24) is 4.90 Å². The molecule has 2 atom stereocenters. The van der Waals surface area contributed by atoms with Crippen LogP contribution in [0.2, 0.25) is 0 Å². The number of amides is 2. The summed E-state index contributed by atoms with van der Waals surface area (Å²) in [6.07, 6.45) is 0.178.